The Morgan fingerprint density at radius 3 is 2.73 bits per heavy atom. The Morgan fingerprint density at radius 1 is 1.32 bits per heavy atom. The smallest absolute Gasteiger partial charge is 0.244 e. The maximum atomic E-state index is 11.7. The van der Waals surface area contributed by atoms with Crippen LogP contribution in [0.3, 0.4) is 0 Å². The Hall–Kier alpha value is -1.41. The molecule has 0 aliphatic heterocycles. The van der Waals surface area contributed by atoms with Crippen molar-refractivity contribution in [3.8, 4) is 0 Å². The van der Waals surface area contributed by atoms with Gasteiger partial charge in [0, 0.05) is 11.1 Å². The molecule has 0 fully saturated rings. The van der Waals surface area contributed by atoms with Crippen LogP contribution < -0.4 is 16.2 Å². The van der Waals surface area contributed by atoms with Crippen LogP contribution in [0.2, 0.25) is 10.0 Å². The molecule has 1 amide bonds. The zero-order valence-electron chi connectivity index (χ0n) is 11.4. The van der Waals surface area contributed by atoms with Gasteiger partial charge in [-0.15, -0.1) is 11.3 Å². The van der Waals surface area contributed by atoms with Gasteiger partial charge in [-0.1, -0.05) is 23.2 Å². The highest BCUT2D eigenvalue weighted by Crippen LogP contribution is 2.24. The van der Waals surface area contributed by atoms with Crippen molar-refractivity contribution in [2.75, 3.05) is 5.32 Å². The van der Waals surface area contributed by atoms with Crippen LogP contribution in [0.25, 0.3) is 0 Å². The molecule has 0 spiro atoms. The van der Waals surface area contributed by atoms with Gasteiger partial charge < -0.3 is 5.32 Å². The third-order valence-electron chi connectivity index (χ3n) is 2.50. The summed E-state index contributed by atoms with van der Waals surface area (Å²) >= 11 is 18.3. The predicted octanol–water partition coefficient (Wildman–Crippen LogP) is 3.32. The van der Waals surface area contributed by atoms with Crippen LogP contribution in [0.4, 0.5) is 5.69 Å². The van der Waals surface area contributed by atoms with Gasteiger partial charge in [0.15, 0.2) is 5.11 Å². The van der Waals surface area contributed by atoms with E-state index in [-0.39, 0.29) is 17.4 Å². The van der Waals surface area contributed by atoms with Gasteiger partial charge in [0.05, 0.1) is 27.2 Å². The number of halogens is 2. The number of carbonyl (C=O) groups excluding carboxylic acids is 1. The quantitative estimate of drug-likeness (QED) is 0.567. The number of nitrogens with one attached hydrogen (secondary N) is 3. The predicted molar refractivity (Wildman–Crippen MR) is 94.5 cm³/mol. The van der Waals surface area contributed by atoms with Crippen molar-refractivity contribution in [3.05, 3.63) is 44.3 Å². The van der Waals surface area contributed by atoms with E-state index in [0.29, 0.717) is 15.7 Å². The maximum absolute atomic E-state index is 11.7. The van der Waals surface area contributed by atoms with Crippen molar-refractivity contribution in [2.45, 2.75) is 13.3 Å². The van der Waals surface area contributed by atoms with Gasteiger partial charge in [-0.25, -0.2) is 4.98 Å². The summed E-state index contributed by atoms with van der Waals surface area (Å²) in [6.45, 7) is 1.89. The number of hydrogen-bond acceptors (Lipinski definition) is 4. The molecule has 0 saturated heterocycles. The number of thiocarbonyl (C=S) groups is 1. The minimum atomic E-state index is -0.233. The summed E-state index contributed by atoms with van der Waals surface area (Å²) in [5.74, 6) is -0.233. The van der Waals surface area contributed by atoms with Crippen LogP contribution in [-0.4, -0.2) is 16.0 Å². The summed E-state index contributed by atoms with van der Waals surface area (Å²) in [4.78, 5) is 16.0. The lowest BCUT2D eigenvalue weighted by Gasteiger charge is -2.11. The molecule has 0 atom stereocenters. The van der Waals surface area contributed by atoms with Crippen LogP contribution in [0.5, 0.6) is 0 Å². The number of rotatable bonds is 3. The summed E-state index contributed by atoms with van der Waals surface area (Å²) in [7, 11) is 0. The van der Waals surface area contributed by atoms with Gasteiger partial charge in [-0.2, -0.15) is 0 Å². The average molecular weight is 375 g/mol. The van der Waals surface area contributed by atoms with Gasteiger partial charge in [0.25, 0.3) is 0 Å². The molecule has 1 aromatic carbocycles. The number of hydrogen-bond donors (Lipinski definition) is 3. The number of benzene rings is 1. The van der Waals surface area contributed by atoms with E-state index in [1.807, 2.05) is 12.3 Å². The van der Waals surface area contributed by atoms with Crippen LogP contribution in [0.1, 0.15) is 10.7 Å². The molecule has 0 saturated carbocycles. The lowest BCUT2D eigenvalue weighted by atomic mass is 10.3. The number of thiazole rings is 1. The fourth-order valence-electron chi connectivity index (χ4n) is 1.56. The summed E-state index contributed by atoms with van der Waals surface area (Å²) in [6, 6.07) is 5.01. The van der Waals surface area contributed by atoms with E-state index in [2.05, 4.69) is 21.2 Å². The van der Waals surface area contributed by atoms with Crippen molar-refractivity contribution in [3.63, 3.8) is 0 Å². The second-order valence-electron chi connectivity index (χ2n) is 4.29. The molecule has 1 heterocycles. The van der Waals surface area contributed by atoms with E-state index in [1.54, 1.807) is 18.2 Å². The Kier molecular flexibility index (Phi) is 5.96. The zero-order chi connectivity index (χ0) is 16.1. The summed E-state index contributed by atoms with van der Waals surface area (Å²) in [5, 5.41) is 6.76. The molecular formula is C13H12Cl2N4OS2. The molecule has 116 valence electrons. The molecular weight excluding hydrogens is 363 g/mol. The first-order chi connectivity index (χ1) is 10.4. The SMILES string of the molecule is Cc1nc(CC(=O)NNC(=S)Nc2ccc(Cl)c(Cl)c2)cs1. The first kappa shape index (κ1) is 17.0. The summed E-state index contributed by atoms with van der Waals surface area (Å²) in [5.41, 5.74) is 6.50. The molecule has 22 heavy (non-hydrogen) atoms. The summed E-state index contributed by atoms with van der Waals surface area (Å²) < 4.78 is 0. The van der Waals surface area contributed by atoms with Gasteiger partial charge in [-0.05, 0) is 37.3 Å². The molecule has 0 aliphatic carbocycles. The Morgan fingerprint density at radius 2 is 2.09 bits per heavy atom. The van der Waals surface area contributed by atoms with E-state index in [0.717, 1.165) is 10.7 Å². The largest absolute Gasteiger partial charge is 0.331 e. The highest BCUT2D eigenvalue weighted by atomic mass is 35.5. The first-order valence-corrected chi connectivity index (χ1v) is 8.20. The van der Waals surface area contributed by atoms with Gasteiger partial charge >= 0.3 is 0 Å². The molecule has 2 rings (SSSR count). The number of hydrazine groups is 1. The zero-order valence-corrected chi connectivity index (χ0v) is 14.6. The van der Waals surface area contributed by atoms with Crippen molar-refractivity contribution in [1.82, 2.24) is 15.8 Å². The van der Waals surface area contributed by atoms with Crippen molar-refractivity contribution >= 4 is 63.5 Å². The Labute approximate surface area is 147 Å². The van der Waals surface area contributed by atoms with E-state index in [1.165, 1.54) is 11.3 Å². The molecule has 3 N–H and O–H groups in total. The Bertz CT molecular complexity index is 705. The fraction of sp³-hybridized carbons (Fsp3) is 0.154. The molecule has 0 bridgehead atoms. The third kappa shape index (κ3) is 5.10. The van der Waals surface area contributed by atoms with Crippen LogP contribution in [-0.2, 0) is 11.2 Å². The number of anilines is 1. The third-order valence-corrected chi connectivity index (χ3v) is 4.27. The average Bonchev–Trinajstić information content (AvgIpc) is 2.86. The lowest BCUT2D eigenvalue weighted by molar-refractivity contribution is -0.121. The fourth-order valence-corrected chi connectivity index (χ4v) is 2.64. The molecule has 1 aromatic heterocycles. The highest BCUT2D eigenvalue weighted by molar-refractivity contribution is 7.80. The lowest BCUT2D eigenvalue weighted by Crippen LogP contribution is -2.44. The van der Waals surface area contributed by atoms with E-state index in [4.69, 9.17) is 35.4 Å². The van der Waals surface area contributed by atoms with Crippen LogP contribution in [0.15, 0.2) is 23.6 Å². The van der Waals surface area contributed by atoms with Gasteiger partial charge in [0.1, 0.15) is 0 Å². The van der Waals surface area contributed by atoms with Crippen molar-refractivity contribution < 1.29 is 4.79 Å². The second-order valence-corrected chi connectivity index (χ2v) is 6.58. The number of amides is 1. The molecule has 9 heteroatoms. The highest BCUT2D eigenvalue weighted by Gasteiger charge is 2.07. The van der Waals surface area contributed by atoms with Crippen LogP contribution in [0, 0.1) is 6.92 Å². The van der Waals surface area contributed by atoms with Gasteiger partial charge in [-0.3, -0.25) is 15.6 Å². The van der Waals surface area contributed by atoms with Crippen LogP contribution >= 0.6 is 46.8 Å². The number of nitrogens with zero attached hydrogens (tertiary/aromatic N) is 1. The maximum Gasteiger partial charge on any atom is 0.244 e. The minimum absolute atomic E-state index is 0.187. The first-order valence-electron chi connectivity index (χ1n) is 6.16. The molecule has 0 unspecified atom stereocenters. The second kappa shape index (κ2) is 7.73. The van der Waals surface area contributed by atoms with Gasteiger partial charge in [0.2, 0.25) is 5.91 Å². The topological polar surface area (TPSA) is 66.0 Å². The number of carbonyl (C=O) groups is 1. The normalized spacial score (nSPS) is 10.1. The number of aryl methyl sites for hydroxylation is 1. The molecule has 0 radical (unpaired) electrons. The standard InChI is InChI=1S/C13H12Cl2N4OS2/c1-7-16-9(6-22-7)5-12(20)18-19-13(21)17-8-2-3-10(14)11(15)4-8/h2-4,6H,5H2,1H3,(H,18,20)(H2,17,19,21). The monoisotopic (exact) mass is 374 g/mol. The van der Waals surface area contributed by atoms with E-state index < -0.39 is 0 Å². The molecule has 2 aromatic rings. The molecule has 0 aliphatic rings. The minimum Gasteiger partial charge on any atom is -0.331 e. The van der Waals surface area contributed by atoms with E-state index >= 15 is 0 Å². The Balaban J connectivity index is 1.79. The van der Waals surface area contributed by atoms with E-state index in [9.17, 15) is 4.79 Å². The van der Waals surface area contributed by atoms with Crippen molar-refractivity contribution in [1.29, 1.82) is 0 Å². The van der Waals surface area contributed by atoms with Crippen molar-refractivity contribution in [2.24, 2.45) is 0 Å². The summed E-state index contributed by atoms with van der Waals surface area (Å²) in [6.07, 6.45) is 0.187. The molecule has 5 nitrogen and oxygen atoms in total. The number of aromatic nitrogens is 1.